The lowest BCUT2D eigenvalue weighted by Gasteiger charge is -2.14. The first kappa shape index (κ1) is 13.1. The maximum atomic E-state index is 12.3. The lowest BCUT2D eigenvalue weighted by atomic mass is 10.0. The Labute approximate surface area is 126 Å². The van der Waals surface area contributed by atoms with Crippen LogP contribution in [0.2, 0.25) is 0 Å². The number of rotatable bonds is 2. The van der Waals surface area contributed by atoms with E-state index in [1.807, 2.05) is 30.3 Å². The SMILES string of the molecule is O=C(O[C@@H]1CCCC1=C1[C@H]2CCCC[C@@H]12)c1ccccc1. The van der Waals surface area contributed by atoms with E-state index in [2.05, 4.69) is 0 Å². The fourth-order valence-electron chi connectivity index (χ4n) is 4.34. The molecular formula is C19H22O2. The van der Waals surface area contributed by atoms with Gasteiger partial charge in [0.25, 0.3) is 0 Å². The molecule has 0 aliphatic heterocycles. The van der Waals surface area contributed by atoms with E-state index < -0.39 is 0 Å². The normalized spacial score (nSPS) is 34.4. The third kappa shape index (κ3) is 2.41. The van der Waals surface area contributed by atoms with Gasteiger partial charge in [0.1, 0.15) is 6.10 Å². The maximum absolute atomic E-state index is 12.3. The van der Waals surface area contributed by atoms with Crippen LogP contribution >= 0.6 is 0 Å². The van der Waals surface area contributed by atoms with Gasteiger partial charge in [-0.2, -0.15) is 0 Å². The van der Waals surface area contributed by atoms with Gasteiger partial charge in [-0.15, -0.1) is 0 Å². The summed E-state index contributed by atoms with van der Waals surface area (Å²) in [4.78, 5) is 12.3. The number of carbonyl (C=O) groups is 1. The Kier molecular flexibility index (Phi) is 3.33. The van der Waals surface area contributed by atoms with Crippen molar-refractivity contribution >= 4 is 5.97 Å². The van der Waals surface area contributed by atoms with Gasteiger partial charge in [-0.3, -0.25) is 0 Å². The third-order valence-corrected chi connectivity index (χ3v) is 5.39. The van der Waals surface area contributed by atoms with Gasteiger partial charge in [0, 0.05) is 0 Å². The largest absolute Gasteiger partial charge is 0.454 e. The van der Waals surface area contributed by atoms with Crippen LogP contribution in [-0.2, 0) is 4.74 Å². The molecule has 2 heteroatoms. The zero-order valence-electron chi connectivity index (χ0n) is 12.4. The Hall–Kier alpha value is -1.57. The Morgan fingerprint density at radius 2 is 1.67 bits per heavy atom. The van der Waals surface area contributed by atoms with E-state index in [-0.39, 0.29) is 12.1 Å². The molecule has 21 heavy (non-hydrogen) atoms. The van der Waals surface area contributed by atoms with Gasteiger partial charge in [0.2, 0.25) is 0 Å². The summed E-state index contributed by atoms with van der Waals surface area (Å²) in [6.07, 6.45) is 8.87. The minimum atomic E-state index is -0.163. The van der Waals surface area contributed by atoms with Gasteiger partial charge in [-0.1, -0.05) is 36.6 Å². The number of hydrogen-bond donors (Lipinski definition) is 0. The van der Waals surface area contributed by atoms with Crippen LogP contribution in [0.1, 0.15) is 55.3 Å². The summed E-state index contributed by atoms with van der Waals surface area (Å²) < 4.78 is 5.82. The van der Waals surface area contributed by atoms with E-state index in [0.717, 1.165) is 24.7 Å². The van der Waals surface area contributed by atoms with Crippen LogP contribution in [0.25, 0.3) is 0 Å². The summed E-state index contributed by atoms with van der Waals surface area (Å²) in [5, 5.41) is 0. The molecule has 0 aromatic heterocycles. The Balaban J connectivity index is 1.50. The number of esters is 1. The minimum Gasteiger partial charge on any atom is -0.454 e. The maximum Gasteiger partial charge on any atom is 0.338 e. The topological polar surface area (TPSA) is 26.3 Å². The van der Waals surface area contributed by atoms with E-state index in [0.29, 0.717) is 5.56 Å². The highest BCUT2D eigenvalue weighted by Crippen LogP contribution is 2.58. The number of allylic oxidation sites excluding steroid dienone is 1. The Bertz CT molecular complexity index is 558. The molecule has 3 fully saturated rings. The van der Waals surface area contributed by atoms with Crippen molar-refractivity contribution in [2.45, 2.75) is 51.0 Å². The quantitative estimate of drug-likeness (QED) is 0.589. The van der Waals surface area contributed by atoms with Crippen molar-refractivity contribution in [2.24, 2.45) is 11.8 Å². The summed E-state index contributed by atoms with van der Waals surface area (Å²) in [6, 6.07) is 9.37. The van der Waals surface area contributed by atoms with Crippen LogP contribution in [0.4, 0.5) is 0 Å². The molecule has 3 atom stereocenters. The molecule has 0 heterocycles. The van der Waals surface area contributed by atoms with Crippen molar-refractivity contribution in [2.75, 3.05) is 0 Å². The van der Waals surface area contributed by atoms with Gasteiger partial charge in [-0.05, 0) is 61.6 Å². The average molecular weight is 282 g/mol. The summed E-state index contributed by atoms with van der Waals surface area (Å²) in [5.41, 5.74) is 3.83. The van der Waals surface area contributed by atoms with Gasteiger partial charge >= 0.3 is 5.97 Å². The Morgan fingerprint density at radius 1 is 0.952 bits per heavy atom. The lowest BCUT2D eigenvalue weighted by molar-refractivity contribution is 0.0384. The van der Waals surface area contributed by atoms with Crippen LogP contribution in [-0.4, -0.2) is 12.1 Å². The van der Waals surface area contributed by atoms with Crippen LogP contribution in [0, 0.1) is 11.8 Å². The molecule has 0 amide bonds. The predicted octanol–water partition coefficient (Wildman–Crippen LogP) is 4.51. The molecule has 0 spiro atoms. The second kappa shape index (κ2) is 5.32. The smallest absolute Gasteiger partial charge is 0.338 e. The van der Waals surface area contributed by atoms with Crippen LogP contribution in [0.5, 0.6) is 0 Å². The molecular weight excluding hydrogens is 260 g/mol. The average Bonchev–Trinajstić information content (AvgIpc) is 3.09. The first-order chi connectivity index (χ1) is 10.3. The number of hydrogen-bond acceptors (Lipinski definition) is 2. The highest BCUT2D eigenvalue weighted by Gasteiger charge is 2.48. The zero-order valence-corrected chi connectivity index (χ0v) is 12.4. The standard InChI is InChI=1S/C19H22O2/c20-19(13-7-2-1-3-8-13)21-17-12-6-11-16(17)18-14-9-4-5-10-15(14)18/h1-3,7-8,14-15,17H,4-6,9-12H2/t14-,15+,17-/m1/s1. The van der Waals surface area contributed by atoms with Crippen molar-refractivity contribution in [1.29, 1.82) is 0 Å². The fraction of sp³-hybridized carbons (Fsp3) is 0.526. The Morgan fingerprint density at radius 3 is 2.38 bits per heavy atom. The molecule has 3 aliphatic carbocycles. The molecule has 4 rings (SSSR count). The van der Waals surface area contributed by atoms with E-state index >= 15 is 0 Å². The molecule has 3 saturated carbocycles. The van der Waals surface area contributed by atoms with E-state index in [9.17, 15) is 4.79 Å². The van der Waals surface area contributed by atoms with Crippen LogP contribution in [0.3, 0.4) is 0 Å². The van der Waals surface area contributed by atoms with Gasteiger partial charge in [0.15, 0.2) is 0 Å². The number of ether oxygens (including phenoxy) is 1. The zero-order chi connectivity index (χ0) is 14.2. The summed E-state index contributed by atoms with van der Waals surface area (Å²) in [6.45, 7) is 0. The van der Waals surface area contributed by atoms with Crippen molar-refractivity contribution in [3.63, 3.8) is 0 Å². The molecule has 3 aliphatic rings. The van der Waals surface area contributed by atoms with E-state index in [4.69, 9.17) is 4.74 Å². The monoisotopic (exact) mass is 282 g/mol. The first-order valence-corrected chi connectivity index (χ1v) is 8.33. The van der Waals surface area contributed by atoms with Gasteiger partial charge < -0.3 is 4.74 Å². The second-order valence-electron chi connectivity index (χ2n) is 6.63. The molecule has 0 radical (unpaired) electrons. The summed E-state index contributed by atoms with van der Waals surface area (Å²) >= 11 is 0. The minimum absolute atomic E-state index is 0.0540. The van der Waals surface area contributed by atoms with E-state index in [1.54, 1.807) is 5.57 Å². The first-order valence-electron chi connectivity index (χ1n) is 8.33. The van der Waals surface area contributed by atoms with Gasteiger partial charge in [0.05, 0.1) is 5.56 Å². The molecule has 110 valence electrons. The van der Waals surface area contributed by atoms with Crippen molar-refractivity contribution in [1.82, 2.24) is 0 Å². The molecule has 0 bridgehead atoms. The molecule has 1 aromatic carbocycles. The highest BCUT2D eigenvalue weighted by atomic mass is 16.5. The molecule has 0 unspecified atom stereocenters. The lowest BCUT2D eigenvalue weighted by Crippen LogP contribution is -2.17. The summed E-state index contributed by atoms with van der Waals surface area (Å²) in [7, 11) is 0. The third-order valence-electron chi connectivity index (χ3n) is 5.39. The number of benzene rings is 1. The number of fused-ring (bicyclic) bond motifs is 1. The molecule has 2 nitrogen and oxygen atoms in total. The predicted molar refractivity (Wildman–Crippen MR) is 82.0 cm³/mol. The second-order valence-corrected chi connectivity index (χ2v) is 6.63. The van der Waals surface area contributed by atoms with Crippen molar-refractivity contribution in [3.8, 4) is 0 Å². The van der Waals surface area contributed by atoms with Crippen molar-refractivity contribution < 1.29 is 9.53 Å². The molecule has 0 saturated heterocycles. The van der Waals surface area contributed by atoms with Gasteiger partial charge in [-0.25, -0.2) is 4.79 Å². The molecule has 0 N–H and O–H groups in total. The van der Waals surface area contributed by atoms with Crippen LogP contribution in [0.15, 0.2) is 41.5 Å². The van der Waals surface area contributed by atoms with E-state index in [1.165, 1.54) is 37.7 Å². The number of carbonyl (C=O) groups excluding carboxylic acids is 1. The van der Waals surface area contributed by atoms with Crippen LogP contribution < -0.4 is 0 Å². The summed E-state index contributed by atoms with van der Waals surface area (Å²) in [5.74, 6) is 1.51. The fourth-order valence-corrected chi connectivity index (χ4v) is 4.34. The highest BCUT2D eigenvalue weighted by molar-refractivity contribution is 5.89. The molecule has 1 aromatic rings. The van der Waals surface area contributed by atoms with Crippen molar-refractivity contribution in [3.05, 3.63) is 47.0 Å².